The van der Waals surface area contributed by atoms with Gasteiger partial charge in [0.15, 0.2) is 5.65 Å². The van der Waals surface area contributed by atoms with Gasteiger partial charge in [-0.25, -0.2) is 9.67 Å². The van der Waals surface area contributed by atoms with E-state index in [4.69, 9.17) is 14.6 Å². The number of hydrogen-bond acceptors (Lipinski definition) is 8. The Labute approximate surface area is 253 Å². The van der Waals surface area contributed by atoms with Crippen LogP contribution in [-0.2, 0) is 25.7 Å². The molecule has 4 aliphatic rings. The standard InChI is InChI=1S/C32H47N7O4/c1-4-39-27-24(21-34-39)26(35-22-11-17-42-18-12-22)23(20-33-27)25-19-32(43-38-25,28(40)36-30(2)13-7-5-8-14-30)29(41)37-31(3)15-9-6-10-16-31/h20-22H,4-19H2,1-3H3,(H,33,35)(H,36,40)(H,37,41). The van der Waals surface area contributed by atoms with E-state index in [1.807, 2.05) is 17.8 Å². The SMILES string of the molecule is CCn1ncc2c(NC3CCOCC3)c(C3=NOC(C(=O)NC4(C)CCCCC4)(C(=O)NC4(C)CCCCC4)C3)cnc21. The minimum atomic E-state index is -1.80. The number of carbonyl (C=O) groups is 2. The average molecular weight is 594 g/mol. The summed E-state index contributed by atoms with van der Waals surface area (Å²) in [6.07, 6.45) is 15.4. The largest absolute Gasteiger partial charge is 0.381 e. The maximum absolute atomic E-state index is 14.2. The van der Waals surface area contributed by atoms with Crippen molar-refractivity contribution in [1.29, 1.82) is 0 Å². The summed E-state index contributed by atoms with van der Waals surface area (Å²) >= 11 is 0. The number of carbonyl (C=O) groups excluding carboxylic acids is 2. The van der Waals surface area contributed by atoms with Crippen LogP contribution in [0.4, 0.5) is 5.69 Å². The molecule has 0 radical (unpaired) electrons. The molecule has 2 aromatic heterocycles. The van der Waals surface area contributed by atoms with E-state index in [-0.39, 0.29) is 23.5 Å². The lowest BCUT2D eigenvalue weighted by atomic mass is 9.81. The van der Waals surface area contributed by atoms with Gasteiger partial charge >= 0.3 is 0 Å². The third kappa shape index (κ3) is 5.97. The highest BCUT2D eigenvalue weighted by Crippen LogP contribution is 2.37. The van der Waals surface area contributed by atoms with Gasteiger partial charge in [0, 0.05) is 48.6 Å². The van der Waals surface area contributed by atoms with Crippen LogP contribution in [0.5, 0.6) is 0 Å². The van der Waals surface area contributed by atoms with Gasteiger partial charge < -0.3 is 25.5 Å². The molecule has 0 unspecified atom stereocenters. The Morgan fingerprint density at radius 3 is 2.12 bits per heavy atom. The number of oxime groups is 1. The lowest BCUT2D eigenvalue weighted by Gasteiger charge is -2.39. The monoisotopic (exact) mass is 593 g/mol. The first-order chi connectivity index (χ1) is 20.7. The van der Waals surface area contributed by atoms with Gasteiger partial charge in [-0.05, 0) is 59.3 Å². The van der Waals surface area contributed by atoms with Gasteiger partial charge in [0.1, 0.15) is 0 Å². The second-order valence-corrected chi connectivity index (χ2v) is 13.6. The number of aromatic nitrogens is 3. The summed E-state index contributed by atoms with van der Waals surface area (Å²) in [6, 6.07) is 0.208. The van der Waals surface area contributed by atoms with Gasteiger partial charge in [-0.3, -0.25) is 9.59 Å². The summed E-state index contributed by atoms with van der Waals surface area (Å²) < 4.78 is 7.46. The fourth-order valence-electron chi connectivity index (χ4n) is 7.27. The number of rotatable bonds is 8. The summed E-state index contributed by atoms with van der Waals surface area (Å²) in [5.41, 5.74) is 0.329. The van der Waals surface area contributed by atoms with Crippen LogP contribution in [0.25, 0.3) is 11.0 Å². The Balaban J connectivity index is 1.34. The third-order valence-electron chi connectivity index (χ3n) is 10.1. The van der Waals surface area contributed by atoms with E-state index in [1.54, 1.807) is 6.20 Å². The number of aryl methyl sites for hydroxylation is 1. The fourth-order valence-corrected chi connectivity index (χ4v) is 7.27. The molecule has 0 atom stereocenters. The molecule has 3 fully saturated rings. The first kappa shape index (κ1) is 29.8. The van der Waals surface area contributed by atoms with Crippen molar-refractivity contribution in [3.05, 3.63) is 18.0 Å². The van der Waals surface area contributed by atoms with E-state index in [0.717, 1.165) is 99.3 Å². The Morgan fingerprint density at radius 2 is 1.53 bits per heavy atom. The van der Waals surface area contributed by atoms with Gasteiger partial charge in [0.05, 0.1) is 29.4 Å². The van der Waals surface area contributed by atoms with Gasteiger partial charge in [-0.1, -0.05) is 43.7 Å². The predicted octanol–water partition coefficient (Wildman–Crippen LogP) is 4.58. The number of ether oxygens (including phenoxy) is 1. The van der Waals surface area contributed by atoms with Crippen LogP contribution in [0.3, 0.4) is 0 Å². The lowest BCUT2D eigenvalue weighted by molar-refractivity contribution is -0.160. The van der Waals surface area contributed by atoms with Crippen molar-refractivity contribution in [3.8, 4) is 0 Å². The molecule has 11 nitrogen and oxygen atoms in total. The summed E-state index contributed by atoms with van der Waals surface area (Å²) in [5, 5.41) is 20.1. The van der Waals surface area contributed by atoms with E-state index in [0.29, 0.717) is 25.5 Å². The molecule has 0 aromatic carbocycles. The summed E-state index contributed by atoms with van der Waals surface area (Å²) in [6.45, 7) is 8.27. The highest BCUT2D eigenvalue weighted by Gasteiger charge is 2.56. The molecule has 3 N–H and O–H groups in total. The second-order valence-electron chi connectivity index (χ2n) is 13.6. The molecule has 0 spiro atoms. The molecule has 2 aliphatic heterocycles. The Bertz CT molecular complexity index is 1330. The smallest absolute Gasteiger partial charge is 0.297 e. The van der Waals surface area contributed by atoms with Gasteiger partial charge in [0.2, 0.25) is 0 Å². The number of pyridine rings is 1. The van der Waals surface area contributed by atoms with Crippen LogP contribution in [0, 0.1) is 0 Å². The van der Waals surface area contributed by atoms with Crippen LogP contribution >= 0.6 is 0 Å². The van der Waals surface area contributed by atoms with Crippen molar-refractivity contribution in [1.82, 2.24) is 25.4 Å². The zero-order valence-electron chi connectivity index (χ0n) is 26.0. The Kier molecular flexibility index (Phi) is 8.37. The summed E-state index contributed by atoms with van der Waals surface area (Å²) in [4.78, 5) is 39.3. The van der Waals surface area contributed by atoms with E-state index in [2.05, 4.69) is 40.1 Å². The number of fused-ring (bicyclic) bond motifs is 1. The van der Waals surface area contributed by atoms with Crippen molar-refractivity contribution in [2.24, 2.45) is 5.16 Å². The zero-order valence-corrected chi connectivity index (χ0v) is 26.0. The molecule has 2 aromatic rings. The molecule has 2 amide bonds. The van der Waals surface area contributed by atoms with Crippen molar-refractivity contribution in [2.45, 2.75) is 134 Å². The van der Waals surface area contributed by atoms with Gasteiger partial charge in [-0.15, -0.1) is 0 Å². The summed E-state index contributed by atoms with van der Waals surface area (Å²) in [7, 11) is 0. The molecule has 234 valence electrons. The van der Waals surface area contributed by atoms with E-state index in [1.165, 1.54) is 0 Å². The van der Waals surface area contributed by atoms with Crippen molar-refractivity contribution in [3.63, 3.8) is 0 Å². The number of anilines is 1. The van der Waals surface area contributed by atoms with Crippen molar-refractivity contribution in [2.75, 3.05) is 18.5 Å². The van der Waals surface area contributed by atoms with Crippen molar-refractivity contribution >= 4 is 34.2 Å². The first-order valence-corrected chi connectivity index (χ1v) is 16.3. The molecular weight excluding hydrogens is 546 g/mol. The number of amides is 2. The third-order valence-corrected chi connectivity index (χ3v) is 10.1. The number of nitrogens with zero attached hydrogens (tertiary/aromatic N) is 4. The lowest BCUT2D eigenvalue weighted by Crippen LogP contribution is -2.64. The van der Waals surface area contributed by atoms with Crippen LogP contribution in [0.1, 0.15) is 110 Å². The maximum Gasteiger partial charge on any atom is 0.297 e. The van der Waals surface area contributed by atoms with Gasteiger partial charge in [0.25, 0.3) is 17.4 Å². The van der Waals surface area contributed by atoms with Crippen LogP contribution in [-0.4, -0.2) is 68.2 Å². The van der Waals surface area contributed by atoms with E-state index >= 15 is 0 Å². The Hall–Kier alpha value is -3.21. The molecule has 2 saturated carbocycles. The minimum absolute atomic E-state index is 0.0222. The number of hydrogen-bond donors (Lipinski definition) is 3. The van der Waals surface area contributed by atoms with Crippen molar-refractivity contribution < 1.29 is 19.2 Å². The zero-order chi connectivity index (χ0) is 30.1. The van der Waals surface area contributed by atoms with Crippen LogP contribution in [0.15, 0.2) is 17.5 Å². The molecule has 4 heterocycles. The van der Waals surface area contributed by atoms with Crippen LogP contribution < -0.4 is 16.0 Å². The Morgan fingerprint density at radius 1 is 0.930 bits per heavy atom. The number of nitrogens with one attached hydrogen (secondary N) is 3. The molecule has 1 saturated heterocycles. The van der Waals surface area contributed by atoms with Gasteiger partial charge in [-0.2, -0.15) is 5.10 Å². The first-order valence-electron chi connectivity index (χ1n) is 16.3. The normalized spacial score (nSPS) is 23.3. The van der Waals surface area contributed by atoms with Crippen LogP contribution in [0.2, 0.25) is 0 Å². The summed E-state index contributed by atoms with van der Waals surface area (Å²) in [5.74, 6) is -0.835. The molecule has 6 rings (SSSR count). The molecule has 0 bridgehead atoms. The highest BCUT2D eigenvalue weighted by atomic mass is 16.7. The maximum atomic E-state index is 14.2. The molecule has 43 heavy (non-hydrogen) atoms. The average Bonchev–Trinajstić information content (AvgIpc) is 3.64. The second kappa shape index (κ2) is 12.1. The van der Waals surface area contributed by atoms with E-state index in [9.17, 15) is 9.59 Å². The minimum Gasteiger partial charge on any atom is -0.381 e. The topological polar surface area (TPSA) is 132 Å². The van der Waals surface area contributed by atoms with E-state index < -0.39 is 17.4 Å². The molecule has 2 aliphatic carbocycles. The highest BCUT2D eigenvalue weighted by molar-refractivity contribution is 6.18. The molecular formula is C32H47N7O4. The molecule has 11 heteroatoms. The predicted molar refractivity (Wildman–Crippen MR) is 165 cm³/mol. The quantitative estimate of drug-likeness (QED) is 0.382. The fraction of sp³-hybridized carbons (Fsp3) is 0.719.